The molecule has 4 heteroatoms. The van der Waals surface area contributed by atoms with Gasteiger partial charge in [0.2, 0.25) is 0 Å². The van der Waals surface area contributed by atoms with Gasteiger partial charge in [-0.1, -0.05) is 12.1 Å². The molecule has 22 heavy (non-hydrogen) atoms. The van der Waals surface area contributed by atoms with Gasteiger partial charge in [-0.05, 0) is 55.3 Å². The monoisotopic (exact) mass is 292 g/mol. The van der Waals surface area contributed by atoms with Gasteiger partial charge >= 0.3 is 0 Å². The van der Waals surface area contributed by atoms with E-state index in [2.05, 4.69) is 48.9 Å². The number of benzene rings is 2. The van der Waals surface area contributed by atoms with Crippen LogP contribution in [0.3, 0.4) is 0 Å². The van der Waals surface area contributed by atoms with Crippen LogP contribution in [0.4, 0.5) is 5.69 Å². The van der Waals surface area contributed by atoms with Crippen molar-refractivity contribution in [3.8, 4) is 16.8 Å². The highest BCUT2D eigenvalue weighted by molar-refractivity contribution is 5.66. The van der Waals surface area contributed by atoms with Gasteiger partial charge in [-0.3, -0.25) is 10.1 Å². The van der Waals surface area contributed by atoms with Crippen LogP contribution in [0.2, 0.25) is 0 Å². The quantitative estimate of drug-likeness (QED) is 0.520. The number of aromatic nitrogens is 1. The van der Waals surface area contributed by atoms with Crippen LogP contribution in [-0.2, 0) is 0 Å². The summed E-state index contributed by atoms with van der Waals surface area (Å²) in [6, 6.07) is 17.0. The third-order valence-electron chi connectivity index (χ3n) is 3.70. The van der Waals surface area contributed by atoms with E-state index in [0.29, 0.717) is 0 Å². The second kappa shape index (κ2) is 5.48. The Morgan fingerprint density at radius 1 is 0.955 bits per heavy atom. The molecule has 1 aromatic heterocycles. The van der Waals surface area contributed by atoms with Crippen LogP contribution in [0, 0.1) is 24.0 Å². The summed E-state index contributed by atoms with van der Waals surface area (Å²) in [7, 11) is 0. The van der Waals surface area contributed by atoms with Crippen molar-refractivity contribution in [2.24, 2.45) is 0 Å². The molecule has 3 rings (SSSR count). The number of nitro groups is 1. The third kappa shape index (κ3) is 2.63. The zero-order valence-electron chi connectivity index (χ0n) is 12.5. The van der Waals surface area contributed by atoms with Crippen LogP contribution in [0.1, 0.15) is 11.3 Å². The minimum Gasteiger partial charge on any atom is -0.321 e. The van der Waals surface area contributed by atoms with Crippen molar-refractivity contribution in [2.75, 3.05) is 0 Å². The number of nitro benzene ring substituents is 1. The third-order valence-corrected chi connectivity index (χ3v) is 3.70. The molecule has 4 nitrogen and oxygen atoms in total. The van der Waals surface area contributed by atoms with E-state index in [1.54, 1.807) is 12.1 Å². The van der Waals surface area contributed by atoms with E-state index < -0.39 is 0 Å². The minimum atomic E-state index is -0.382. The summed E-state index contributed by atoms with van der Waals surface area (Å²) in [4.78, 5) is 10.3. The highest BCUT2D eigenvalue weighted by Gasteiger charge is 2.09. The summed E-state index contributed by atoms with van der Waals surface area (Å²) in [5, 5.41) is 10.7. The molecule has 0 fully saturated rings. The average Bonchev–Trinajstić information content (AvgIpc) is 2.89. The lowest BCUT2D eigenvalue weighted by molar-refractivity contribution is -0.384. The van der Waals surface area contributed by atoms with Gasteiger partial charge in [-0.15, -0.1) is 0 Å². The Hall–Kier alpha value is -2.88. The molecule has 0 bridgehead atoms. The van der Waals surface area contributed by atoms with Crippen LogP contribution >= 0.6 is 0 Å². The van der Waals surface area contributed by atoms with Crippen LogP contribution in [0.5, 0.6) is 0 Å². The van der Waals surface area contributed by atoms with Gasteiger partial charge in [0.1, 0.15) is 0 Å². The lowest BCUT2D eigenvalue weighted by Gasteiger charge is -2.06. The molecule has 2 aromatic carbocycles. The fourth-order valence-electron chi connectivity index (χ4n) is 2.56. The summed E-state index contributed by atoms with van der Waals surface area (Å²) in [5.74, 6) is 0. The predicted molar refractivity (Wildman–Crippen MR) is 87.3 cm³/mol. The van der Waals surface area contributed by atoms with Crippen LogP contribution in [-0.4, -0.2) is 9.49 Å². The van der Waals surface area contributed by atoms with Gasteiger partial charge in [0, 0.05) is 35.3 Å². The molecule has 3 aromatic rings. The first-order chi connectivity index (χ1) is 10.5. The molecular weight excluding hydrogens is 276 g/mol. The van der Waals surface area contributed by atoms with Crippen LogP contribution < -0.4 is 0 Å². The Morgan fingerprint density at radius 3 is 2.32 bits per heavy atom. The molecule has 0 N–H and O–H groups in total. The van der Waals surface area contributed by atoms with Gasteiger partial charge < -0.3 is 4.57 Å². The molecular formula is C18H16N2O2. The molecule has 1 heterocycles. The summed E-state index contributed by atoms with van der Waals surface area (Å²) in [5.41, 5.74) is 5.58. The maximum atomic E-state index is 10.7. The van der Waals surface area contributed by atoms with E-state index in [4.69, 9.17) is 0 Å². The molecule has 110 valence electrons. The molecule has 0 atom stereocenters. The molecule has 0 saturated carbocycles. The molecule has 0 amide bonds. The normalized spacial score (nSPS) is 10.6. The fourth-order valence-corrected chi connectivity index (χ4v) is 2.56. The predicted octanol–water partition coefficient (Wildman–Crippen LogP) is 4.67. The maximum Gasteiger partial charge on any atom is 0.269 e. The topological polar surface area (TPSA) is 48.1 Å². The number of rotatable bonds is 3. The van der Waals surface area contributed by atoms with Crippen LogP contribution in [0.25, 0.3) is 16.8 Å². The maximum absolute atomic E-state index is 10.7. The molecule has 0 radical (unpaired) electrons. The van der Waals surface area contributed by atoms with Crippen molar-refractivity contribution >= 4 is 5.69 Å². The van der Waals surface area contributed by atoms with E-state index in [0.717, 1.165) is 22.5 Å². The van der Waals surface area contributed by atoms with E-state index in [9.17, 15) is 10.1 Å². The van der Waals surface area contributed by atoms with Gasteiger partial charge in [0.15, 0.2) is 0 Å². The highest BCUT2D eigenvalue weighted by Crippen LogP contribution is 2.26. The van der Waals surface area contributed by atoms with Gasteiger partial charge in [0.05, 0.1) is 4.92 Å². The Bertz CT molecular complexity index is 833. The van der Waals surface area contributed by atoms with Crippen molar-refractivity contribution < 1.29 is 4.92 Å². The van der Waals surface area contributed by atoms with Crippen molar-refractivity contribution in [3.63, 3.8) is 0 Å². The molecule has 0 aliphatic carbocycles. The smallest absolute Gasteiger partial charge is 0.269 e. The van der Waals surface area contributed by atoms with Crippen molar-refractivity contribution in [3.05, 3.63) is 82.2 Å². The standard InChI is InChI=1S/C18H16N2O2/c1-13-4-3-5-18(10-13)19-12-16(11-14(19)2)15-6-8-17(9-7-15)20(21)22/h3-12H,1-2H3. The zero-order chi connectivity index (χ0) is 15.7. The van der Waals surface area contributed by atoms with E-state index in [1.807, 2.05) is 6.07 Å². The van der Waals surface area contributed by atoms with Gasteiger partial charge in [-0.2, -0.15) is 0 Å². The Kier molecular flexibility index (Phi) is 3.51. The molecule has 0 saturated heterocycles. The molecule has 0 aliphatic rings. The largest absolute Gasteiger partial charge is 0.321 e. The lowest BCUT2D eigenvalue weighted by atomic mass is 10.1. The molecule has 0 spiro atoms. The van der Waals surface area contributed by atoms with Crippen molar-refractivity contribution in [2.45, 2.75) is 13.8 Å². The SMILES string of the molecule is Cc1cccc(-n2cc(-c3ccc([N+](=O)[O-])cc3)cc2C)c1. The summed E-state index contributed by atoms with van der Waals surface area (Å²) < 4.78 is 2.13. The fraction of sp³-hybridized carbons (Fsp3) is 0.111. The zero-order valence-corrected chi connectivity index (χ0v) is 12.5. The average molecular weight is 292 g/mol. The molecule has 0 aliphatic heterocycles. The number of aryl methyl sites for hydroxylation is 2. The first-order valence-electron chi connectivity index (χ1n) is 7.05. The Balaban J connectivity index is 2.00. The summed E-state index contributed by atoms with van der Waals surface area (Å²) in [6.45, 7) is 4.12. The van der Waals surface area contributed by atoms with E-state index >= 15 is 0 Å². The van der Waals surface area contributed by atoms with Gasteiger partial charge in [0.25, 0.3) is 5.69 Å². The van der Waals surface area contributed by atoms with Gasteiger partial charge in [-0.25, -0.2) is 0 Å². The highest BCUT2D eigenvalue weighted by atomic mass is 16.6. The second-order valence-electron chi connectivity index (χ2n) is 5.38. The van der Waals surface area contributed by atoms with E-state index in [-0.39, 0.29) is 10.6 Å². The second-order valence-corrected chi connectivity index (χ2v) is 5.38. The number of nitrogens with zero attached hydrogens (tertiary/aromatic N) is 2. The summed E-state index contributed by atoms with van der Waals surface area (Å²) >= 11 is 0. The number of hydrogen-bond acceptors (Lipinski definition) is 2. The van der Waals surface area contributed by atoms with E-state index in [1.165, 1.54) is 17.7 Å². The minimum absolute atomic E-state index is 0.110. The first-order valence-corrected chi connectivity index (χ1v) is 7.05. The van der Waals surface area contributed by atoms with Crippen molar-refractivity contribution in [1.82, 2.24) is 4.57 Å². The Morgan fingerprint density at radius 2 is 1.68 bits per heavy atom. The van der Waals surface area contributed by atoms with Crippen molar-refractivity contribution in [1.29, 1.82) is 0 Å². The number of hydrogen-bond donors (Lipinski definition) is 0. The molecule has 0 unspecified atom stereocenters. The number of non-ortho nitro benzene ring substituents is 1. The van der Waals surface area contributed by atoms with Crippen LogP contribution in [0.15, 0.2) is 60.8 Å². The summed E-state index contributed by atoms with van der Waals surface area (Å²) in [6.07, 6.45) is 2.06. The first kappa shape index (κ1) is 14.1. The Labute approximate surface area is 128 Å². The lowest BCUT2D eigenvalue weighted by Crippen LogP contribution is -1.94.